The second kappa shape index (κ2) is 6.42. The molecule has 0 spiro atoms. The second-order valence-corrected chi connectivity index (χ2v) is 4.36. The van der Waals surface area contributed by atoms with E-state index in [1.165, 1.54) is 0 Å². The van der Waals surface area contributed by atoms with Crippen molar-refractivity contribution in [3.05, 3.63) is 48.0 Å². The van der Waals surface area contributed by atoms with Gasteiger partial charge in [0.1, 0.15) is 23.3 Å². The van der Waals surface area contributed by atoms with Crippen LogP contribution in [0.3, 0.4) is 0 Å². The lowest BCUT2D eigenvalue weighted by Crippen LogP contribution is -2.51. The number of hydrogen-bond acceptors (Lipinski definition) is 3. The van der Waals surface area contributed by atoms with Gasteiger partial charge in [-0.1, -0.05) is 0 Å². The van der Waals surface area contributed by atoms with Crippen LogP contribution in [0, 0.1) is 5.41 Å². The molecule has 2 aromatic heterocycles. The fraction of sp³-hybridized carbons (Fsp3) is 0.154. The summed E-state index contributed by atoms with van der Waals surface area (Å²) in [6, 6.07) is 5.83. The molecule has 21 heavy (non-hydrogen) atoms. The molecule has 0 aromatic carbocycles. The smallest absolute Gasteiger partial charge is 0.268 e. The van der Waals surface area contributed by atoms with Crippen molar-refractivity contribution in [2.75, 3.05) is 6.54 Å². The Balaban J connectivity index is 1.92. The number of nitrogens with two attached hydrogens (primary N) is 1. The third-order valence-electron chi connectivity index (χ3n) is 2.83. The van der Waals surface area contributed by atoms with E-state index >= 15 is 0 Å². The Bertz CT molecular complexity index is 617. The molecule has 0 aliphatic rings. The minimum Gasteiger partial charge on any atom is -0.386 e. The maximum absolute atomic E-state index is 11.9. The number of carbonyl (C=O) groups is 2. The number of aromatic nitrogens is 2. The highest BCUT2D eigenvalue weighted by molar-refractivity contribution is 5.97. The topological polar surface area (TPSA) is 140 Å². The number of rotatable bonds is 6. The Kier molecular flexibility index (Phi) is 4.39. The highest BCUT2D eigenvalue weighted by Crippen LogP contribution is 1.96. The maximum Gasteiger partial charge on any atom is 0.268 e. The number of carbonyl (C=O) groups excluding carboxylic acids is 2. The normalized spacial score (nSPS) is 11.6. The summed E-state index contributed by atoms with van der Waals surface area (Å²) in [6.07, 6.45) is 3.25. The van der Waals surface area contributed by atoms with Crippen LogP contribution in [0.5, 0.6) is 0 Å². The number of hydrogen-bond donors (Lipinski definition) is 6. The van der Waals surface area contributed by atoms with Crippen LogP contribution in [0.4, 0.5) is 0 Å². The lowest BCUT2D eigenvalue weighted by Gasteiger charge is -2.17. The Morgan fingerprint density at radius 2 is 1.71 bits per heavy atom. The molecule has 8 nitrogen and oxygen atoms in total. The van der Waals surface area contributed by atoms with Crippen molar-refractivity contribution in [2.24, 2.45) is 5.73 Å². The predicted octanol–water partition coefficient (Wildman–Crippen LogP) is -0.193. The van der Waals surface area contributed by atoms with Gasteiger partial charge in [-0.15, -0.1) is 0 Å². The first-order valence-electron chi connectivity index (χ1n) is 6.27. The Hall–Kier alpha value is -3.03. The van der Waals surface area contributed by atoms with Gasteiger partial charge in [-0.2, -0.15) is 0 Å². The van der Waals surface area contributed by atoms with E-state index in [0.717, 1.165) is 0 Å². The second-order valence-electron chi connectivity index (χ2n) is 4.36. The number of amides is 2. The molecule has 0 aliphatic carbocycles. The zero-order valence-electron chi connectivity index (χ0n) is 11.1. The fourth-order valence-corrected chi connectivity index (χ4v) is 1.71. The van der Waals surface area contributed by atoms with Crippen molar-refractivity contribution >= 4 is 17.6 Å². The van der Waals surface area contributed by atoms with Crippen LogP contribution in [0.15, 0.2) is 36.7 Å². The molecule has 7 N–H and O–H groups in total. The Morgan fingerprint density at radius 3 is 2.19 bits per heavy atom. The molecule has 8 heteroatoms. The summed E-state index contributed by atoms with van der Waals surface area (Å²) in [5.74, 6) is -0.962. The summed E-state index contributed by atoms with van der Waals surface area (Å²) in [7, 11) is 0. The van der Waals surface area contributed by atoms with E-state index in [2.05, 4.69) is 20.6 Å². The lowest BCUT2D eigenvalue weighted by molar-refractivity contribution is 0.0915. The fourth-order valence-electron chi connectivity index (χ4n) is 1.71. The van der Waals surface area contributed by atoms with Gasteiger partial charge in [0.05, 0.1) is 0 Å². The molecular weight excluding hydrogens is 272 g/mol. The summed E-state index contributed by atoms with van der Waals surface area (Å²) in [5.41, 5.74) is 6.20. The van der Waals surface area contributed by atoms with Crippen LogP contribution in [0.25, 0.3) is 0 Å². The van der Waals surface area contributed by atoms with Gasteiger partial charge in [0.25, 0.3) is 11.8 Å². The molecule has 0 bridgehead atoms. The first-order chi connectivity index (χ1) is 10.1. The van der Waals surface area contributed by atoms with Crippen molar-refractivity contribution in [2.45, 2.75) is 6.04 Å². The molecule has 0 saturated carbocycles. The summed E-state index contributed by atoms with van der Waals surface area (Å²) in [5, 5.41) is 12.7. The molecule has 2 heterocycles. The summed E-state index contributed by atoms with van der Waals surface area (Å²) < 4.78 is 0. The molecule has 1 atom stereocenters. The zero-order valence-corrected chi connectivity index (χ0v) is 11.1. The van der Waals surface area contributed by atoms with E-state index < -0.39 is 11.9 Å². The molecule has 0 fully saturated rings. The van der Waals surface area contributed by atoms with Gasteiger partial charge in [-0.3, -0.25) is 15.0 Å². The molecule has 0 saturated heterocycles. The zero-order chi connectivity index (χ0) is 15.2. The average Bonchev–Trinajstić information content (AvgIpc) is 3.14. The molecule has 1 unspecified atom stereocenters. The third kappa shape index (κ3) is 3.72. The van der Waals surface area contributed by atoms with E-state index in [4.69, 9.17) is 11.1 Å². The van der Waals surface area contributed by atoms with Gasteiger partial charge in [0, 0.05) is 18.9 Å². The van der Waals surface area contributed by atoms with Crippen molar-refractivity contribution in [1.29, 1.82) is 5.41 Å². The van der Waals surface area contributed by atoms with Crippen LogP contribution < -0.4 is 16.4 Å². The Labute approximate surface area is 120 Å². The van der Waals surface area contributed by atoms with Gasteiger partial charge in [-0.25, -0.2) is 0 Å². The van der Waals surface area contributed by atoms with Gasteiger partial charge in [0.15, 0.2) is 0 Å². The maximum atomic E-state index is 11.9. The van der Waals surface area contributed by atoms with Gasteiger partial charge < -0.3 is 26.3 Å². The number of aromatic amines is 2. The van der Waals surface area contributed by atoms with Crippen LogP contribution in [0.2, 0.25) is 0 Å². The summed E-state index contributed by atoms with van der Waals surface area (Å²) >= 11 is 0. The van der Waals surface area contributed by atoms with Crippen molar-refractivity contribution in [3.63, 3.8) is 0 Å². The van der Waals surface area contributed by atoms with Crippen LogP contribution >= 0.6 is 0 Å². The van der Waals surface area contributed by atoms with Crippen LogP contribution in [-0.4, -0.2) is 40.2 Å². The van der Waals surface area contributed by atoms with E-state index in [1.54, 1.807) is 36.7 Å². The lowest BCUT2D eigenvalue weighted by atomic mass is 10.2. The van der Waals surface area contributed by atoms with Gasteiger partial charge >= 0.3 is 0 Å². The van der Waals surface area contributed by atoms with Crippen molar-refractivity contribution < 1.29 is 9.59 Å². The largest absolute Gasteiger partial charge is 0.386 e. The standard InChI is InChI=1S/C13H16N6O2/c14-11(15)10(19-13(21)9-4-2-6-17-9)7-18-12(20)8-3-1-5-16-8/h1-6,10,16-17H,7H2,(H3,14,15)(H,18,20)(H,19,21). The third-order valence-corrected chi connectivity index (χ3v) is 2.83. The molecule has 2 rings (SSSR count). The summed E-state index contributed by atoms with van der Waals surface area (Å²) in [6.45, 7) is 0.0274. The Morgan fingerprint density at radius 1 is 1.14 bits per heavy atom. The highest BCUT2D eigenvalue weighted by Gasteiger charge is 2.18. The molecule has 2 aromatic rings. The van der Waals surface area contributed by atoms with Crippen molar-refractivity contribution in [3.8, 4) is 0 Å². The molecule has 2 amide bonds. The quantitative estimate of drug-likeness (QED) is 0.324. The number of amidine groups is 1. The van der Waals surface area contributed by atoms with E-state index in [0.29, 0.717) is 11.4 Å². The molecule has 110 valence electrons. The first-order valence-corrected chi connectivity index (χ1v) is 6.27. The first kappa shape index (κ1) is 14.4. The van der Waals surface area contributed by atoms with E-state index in [-0.39, 0.29) is 18.3 Å². The van der Waals surface area contributed by atoms with Gasteiger partial charge in [0.2, 0.25) is 0 Å². The number of nitrogens with one attached hydrogen (secondary N) is 5. The van der Waals surface area contributed by atoms with E-state index in [9.17, 15) is 9.59 Å². The average molecular weight is 288 g/mol. The molecular formula is C13H16N6O2. The molecule has 0 aliphatic heterocycles. The van der Waals surface area contributed by atoms with E-state index in [1.807, 2.05) is 0 Å². The van der Waals surface area contributed by atoms with Crippen LogP contribution in [0.1, 0.15) is 21.0 Å². The van der Waals surface area contributed by atoms with Crippen molar-refractivity contribution in [1.82, 2.24) is 20.6 Å². The minimum atomic E-state index is -0.778. The summed E-state index contributed by atoms with van der Waals surface area (Å²) in [4.78, 5) is 29.2. The minimum absolute atomic E-state index is 0.0274. The monoisotopic (exact) mass is 288 g/mol. The van der Waals surface area contributed by atoms with Crippen LogP contribution in [-0.2, 0) is 0 Å². The highest BCUT2D eigenvalue weighted by atomic mass is 16.2. The molecule has 0 radical (unpaired) electrons. The predicted molar refractivity (Wildman–Crippen MR) is 77.1 cm³/mol. The number of H-pyrrole nitrogens is 2. The van der Waals surface area contributed by atoms with Gasteiger partial charge in [-0.05, 0) is 24.3 Å². The SMILES string of the molecule is N=C(N)C(CNC(=O)c1ccc[nH]1)NC(=O)c1ccc[nH]1.